The normalized spacial score (nSPS) is 11.0. The number of ether oxygens (including phenoxy) is 1. The molecule has 2 aromatic rings. The second-order valence-electron chi connectivity index (χ2n) is 5.66. The van der Waals surface area contributed by atoms with Crippen LogP contribution >= 0.6 is 12.2 Å². The van der Waals surface area contributed by atoms with E-state index in [-0.39, 0.29) is 35.3 Å². The van der Waals surface area contributed by atoms with E-state index < -0.39 is 5.97 Å². The van der Waals surface area contributed by atoms with Crippen molar-refractivity contribution in [3.63, 3.8) is 0 Å². The number of esters is 1. The van der Waals surface area contributed by atoms with E-state index in [1.807, 2.05) is 48.5 Å². The molecule has 0 atom stereocenters. The average molecular weight is 398 g/mol. The van der Waals surface area contributed by atoms with E-state index in [1.165, 1.54) is 0 Å². The number of hydrogen-bond donors (Lipinski definition) is 4. The standard InChI is InChI=1S/C20H22N4O3S/c1-2-27-20(26)17(19(28)22-15-11-7-4-8-12-15)18(21)24-23-16(25)13-14-9-5-3-6-10-14/h3-12,24H,2,13,21H2,1H3,(H,22,28)(H,23,25)/b18-17+. The average Bonchev–Trinajstić information content (AvgIpc) is 2.68. The number of nitrogens with one attached hydrogen (secondary N) is 3. The van der Waals surface area contributed by atoms with Crippen molar-refractivity contribution in [1.29, 1.82) is 0 Å². The molecule has 7 nitrogen and oxygen atoms in total. The molecule has 0 aliphatic heterocycles. The molecule has 0 unspecified atom stereocenters. The molecular formula is C20H22N4O3S. The van der Waals surface area contributed by atoms with Crippen LogP contribution in [-0.4, -0.2) is 23.5 Å². The fraction of sp³-hybridized carbons (Fsp3) is 0.150. The molecule has 0 saturated carbocycles. The number of hydrazine groups is 1. The molecule has 28 heavy (non-hydrogen) atoms. The Morgan fingerprint density at radius 1 is 1.00 bits per heavy atom. The van der Waals surface area contributed by atoms with Gasteiger partial charge in [-0.15, -0.1) is 0 Å². The van der Waals surface area contributed by atoms with Crippen molar-refractivity contribution in [3.8, 4) is 0 Å². The van der Waals surface area contributed by atoms with Gasteiger partial charge in [0.25, 0.3) is 0 Å². The number of para-hydroxylation sites is 1. The first-order valence-electron chi connectivity index (χ1n) is 8.63. The number of benzene rings is 2. The van der Waals surface area contributed by atoms with Crippen LogP contribution in [0.25, 0.3) is 0 Å². The predicted molar refractivity (Wildman–Crippen MR) is 112 cm³/mol. The van der Waals surface area contributed by atoms with Gasteiger partial charge in [-0.25, -0.2) is 4.79 Å². The molecule has 0 radical (unpaired) electrons. The Labute approximate surface area is 168 Å². The maximum atomic E-state index is 12.3. The fourth-order valence-corrected chi connectivity index (χ4v) is 2.58. The molecular weight excluding hydrogens is 376 g/mol. The first kappa shape index (κ1) is 20.9. The fourth-order valence-electron chi connectivity index (χ4n) is 2.27. The molecule has 2 rings (SSSR count). The molecule has 0 saturated heterocycles. The van der Waals surface area contributed by atoms with E-state index in [0.29, 0.717) is 5.69 Å². The zero-order chi connectivity index (χ0) is 20.4. The van der Waals surface area contributed by atoms with Crippen LogP contribution in [0, 0.1) is 0 Å². The molecule has 1 amide bonds. The molecule has 146 valence electrons. The van der Waals surface area contributed by atoms with E-state index in [9.17, 15) is 9.59 Å². The quantitative estimate of drug-likeness (QED) is 0.233. The summed E-state index contributed by atoms with van der Waals surface area (Å²) in [6.45, 7) is 1.83. The van der Waals surface area contributed by atoms with Crippen LogP contribution in [0.15, 0.2) is 72.1 Å². The number of carbonyl (C=O) groups excluding carboxylic acids is 2. The molecule has 2 aromatic carbocycles. The highest BCUT2D eigenvalue weighted by Crippen LogP contribution is 2.11. The van der Waals surface area contributed by atoms with Crippen LogP contribution in [0.5, 0.6) is 0 Å². The maximum absolute atomic E-state index is 12.3. The van der Waals surface area contributed by atoms with E-state index in [1.54, 1.807) is 19.1 Å². The van der Waals surface area contributed by atoms with Crippen LogP contribution < -0.4 is 21.9 Å². The van der Waals surface area contributed by atoms with E-state index >= 15 is 0 Å². The zero-order valence-electron chi connectivity index (χ0n) is 15.4. The van der Waals surface area contributed by atoms with E-state index in [0.717, 1.165) is 5.56 Å². The van der Waals surface area contributed by atoms with Crippen molar-refractivity contribution in [1.82, 2.24) is 10.9 Å². The van der Waals surface area contributed by atoms with Crippen LogP contribution in [0.4, 0.5) is 5.69 Å². The number of nitrogens with two attached hydrogens (primary N) is 1. The Bertz CT molecular complexity index is 854. The molecule has 0 aliphatic rings. The molecule has 0 aromatic heterocycles. The lowest BCUT2D eigenvalue weighted by molar-refractivity contribution is -0.138. The van der Waals surface area contributed by atoms with Crippen molar-refractivity contribution < 1.29 is 14.3 Å². The summed E-state index contributed by atoms with van der Waals surface area (Å²) in [7, 11) is 0. The highest BCUT2D eigenvalue weighted by Gasteiger charge is 2.21. The second-order valence-corrected chi connectivity index (χ2v) is 6.07. The van der Waals surface area contributed by atoms with Crippen LogP contribution in [0.3, 0.4) is 0 Å². The van der Waals surface area contributed by atoms with Crippen LogP contribution in [0.2, 0.25) is 0 Å². The topological polar surface area (TPSA) is 105 Å². The molecule has 8 heteroatoms. The number of amides is 1. The Hall–Kier alpha value is -3.39. The minimum Gasteiger partial charge on any atom is -0.462 e. The summed E-state index contributed by atoms with van der Waals surface area (Å²) in [5.74, 6) is -1.13. The van der Waals surface area contributed by atoms with Gasteiger partial charge in [-0.3, -0.25) is 15.6 Å². The summed E-state index contributed by atoms with van der Waals surface area (Å²) >= 11 is 5.31. The Morgan fingerprint density at radius 2 is 1.61 bits per heavy atom. The SMILES string of the molecule is CCOC(=O)/C(C(=S)Nc1ccccc1)=C(\N)NNC(=O)Cc1ccccc1. The monoisotopic (exact) mass is 398 g/mol. The summed E-state index contributed by atoms with van der Waals surface area (Å²) in [5, 5.41) is 2.93. The first-order valence-corrected chi connectivity index (χ1v) is 9.04. The molecule has 0 heterocycles. The van der Waals surface area contributed by atoms with Crippen LogP contribution in [-0.2, 0) is 20.7 Å². The van der Waals surface area contributed by atoms with Gasteiger partial charge in [0.05, 0.1) is 13.0 Å². The molecule has 0 bridgehead atoms. The summed E-state index contributed by atoms with van der Waals surface area (Å²) in [4.78, 5) is 24.5. The van der Waals surface area contributed by atoms with E-state index in [2.05, 4.69) is 16.2 Å². The third-order valence-corrected chi connectivity index (χ3v) is 3.86. The number of carbonyl (C=O) groups is 2. The van der Waals surface area contributed by atoms with Crippen molar-refractivity contribution in [3.05, 3.63) is 77.6 Å². The third-order valence-electron chi connectivity index (χ3n) is 3.55. The van der Waals surface area contributed by atoms with Crippen molar-refractivity contribution in [2.45, 2.75) is 13.3 Å². The van der Waals surface area contributed by atoms with Gasteiger partial charge >= 0.3 is 5.97 Å². The lowest BCUT2D eigenvalue weighted by Gasteiger charge is -2.15. The summed E-state index contributed by atoms with van der Waals surface area (Å²) in [6.07, 6.45) is 0.155. The Kier molecular flexibility index (Phi) is 7.98. The van der Waals surface area contributed by atoms with Gasteiger partial charge in [0.15, 0.2) is 0 Å². The van der Waals surface area contributed by atoms with Gasteiger partial charge in [0.2, 0.25) is 5.91 Å². The Balaban J connectivity index is 2.08. The smallest absolute Gasteiger partial charge is 0.344 e. The van der Waals surface area contributed by atoms with E-state index in [4.69, 9.17) is 22.7 Å². The minimum absolute atomic E-state index is 0.0688. The van der Waals surface area contributed by atoms with Gasteiger partial charge in [-0.2, -0.15) is 0 Å². The lowest BCUT2D eigenvalue weighted by Crippen LogP contribution is -2.42. The van der Waals surface area contributed by atoms with Gasteiger partial charge in [-0.05, 0) is 24.6 Å². The summed E-state index contributed by atoms with van der Waals surface area (Å²) in [6, 6.07) is 18.3. The molecule has 0 aliphatic carbocycles. The van der Waals surface area contributed by atoms with Crippen molar-refractivity contribution in [2.24, 2.45) is 5.73 Å². The predicted octanol–water partition coefficient (Wildman–Crippen LogP) is 2.02. The van der Waals surface area contributed by atoms with Crippen molar-refractivity contribution in [2.75, 3.05) is 11.9 Å². The molecule has 0 fully saturated rings. The third kappa shape index (κ3) is 6.40. The summed E-state index contributed by atoms with van der Waals surface area (Å²) in [5.41, 5.74) is 12.4. The molecule has 5 N–H and O–H groups in total. The second kappa shape index (κ2) is 10.7. The van der Waals surface area contributed by atoms with Gasteiger partial charge < -0.3 is 15.8 Å². The van der Waals surface area contributed by atoms with Gasteiger partial charge in [0.1, 0.15) is 16.4 Å². The summed E-state index contributed by atoms with van der Waals surface area (Å²) < 4.78 is 5.03. The number of hydrogen-bond acceptors (Lipinski definition) is 6. The first-order chi connectivity index (χ1) is 13.5. The highest BCUT2D eigenvalue weighted by molar-refractivity contribution is 7.81. The molecule has 0 spiro atoms. The largest absolute Gasteiger partial charge is 0.462 e. The number of thiocarbonyl (C=S) groups is 1. The minimum atomic E-state index is -0.696. The lowest BCUT2D eigenvalue weighted by atomic mass is 10.1. The zero-order valence-corrected chi connectivity index (χ0v) is 16.2. The van der Waals surface area contributed by atoms with Crippen molar-refractivity contribution >= 4 is 34.8 Å². The van der Waals surface area contributed by atoms with Gasteiger partial charge in [0, 0.05) is 5.69 Å². The number of rotatable bonds is 8. The van der Waals surface area contributed by atoms with Crippen LogP contribution in [0.1, 0.15) is 12.5 Å². The Morgan fingerprint density at radius 3 is 2.21 bits per heavy atom. The maximum Gasteiger partial charge on any atom is 0.344 e. The highest BCUT2D eigenvalue weighted by atomic mass is 32.1. The van der Waals surface area contributed by atoms with Gasteiger partial charge in [-0.1, -0.05) is 60.7 Å². The number of anilines is 1.